The average Bonchev–Trinajstić information content (AvgIpc) is 2.45. The van der Waals surface area contributed by atoms with Crippen LogP contribution in [0.2, 0.25) is 0 Å². The first kappa shape index (κ1) is 14.5. The Morgan fingerprint density at radius 1 is 1.53 bits per heavy atom. The van der Waals surface area contributed by atoms with Crippen molar-refractivity contribution in [2.24, 2.45) is 0 Å². The van der Waals surface area contributed by atoms with Crippen LogP contribution in [0.1, 0.15) is 18.4 Å². The molecule has 19 heavy (non-hydrogen) atoms. The van der Waals surface area contributed by atoms with Crippen LogP contribution >= 0.6 is 11.8 Å². The molecule has 0 saturated carbocycles. The fourth-order valence-corrected chi connectivity index (χ4v) is 3.09. The molecule has 0 aromatic carbocycles. The lowest BCUT2D eigenvalue weighted by molar-refractivity contribution is 0.0789. The van der Waals surface area contributed by atoms with Gasteiger partial charge in [0, 0.05) is 30.1 Å². The SMILES string of the molecule is FC(F)COc1ncccc1CN[C@@H]1CCCSC1. The quantitative estimate of drug-likeness (QED) is 0.873. The molecule has 1 aromatic heterocycles. The van der Waals surface area contributed by atoms with E-state index >= 15 is 0 Å². The third-order valence-corrected chi connectivity index (χ3v) is 4.15. The monoisotopic (exact) mass is 288 g/mol. The number of pyridine rings is 1. The van der Waals surface area contributed by atoms with E-state index < -0.39 is 13.0 Å². The van der Waals surface area contributed by atoms with Gasteiger partial charge in [0.2, 0.25) is 5.88 Å². The average molecular weight is 288 g/mol. The number of ether oxygens (including phenoxy) is 1. The highest BCUT2D eigenvalue weighted by Crippen LogP contribution is 2.19. The molecule has 1 aliphatic rings. The van der Waals surface area contributed by atoms with Crippen LogP contribution in [0.4, 0.5) is 8.78 Å². The van der Waals surface area contributed by atoms with Gasteiger partial charge in [0.1, 0.15) is 0 Å². The van der Waals surface area contributed by atoms with Crippen LogP contribution in [0.25, 0.3) is 0 Å². The Labute approximate surface area is 116 Å². The first-order valence-electron chi connectivity index (χ1n) is 6.41. The maximum atomic E-state index is 12.2. The van der Waals surface area contributed by atoms with Crippen LogP contribution in [0.5, 0.6) is 5.88 Å². The summed E-state index contributed by atoms with van der Waals surface area (Å²) in [7, 11) is 0. The Balaban J connectivity index is 1.87. The lowest BCUT2D eigenvalue weighted by atomic mass is 10.1. The van der Waals surface area contributed by atoms with Crippen molar-refractivity contribution >= 4 is 11.8 Å². The Bertz CT molecular complexity index is 387. The number of rotatable bonds is 6. The lowest BCUT2D eigenvalue weighted by Gasteiger charge is -2.22. The summed E-state index contributed by atoms with van der Waals surface area (Å²) >= 11 is 1.95. The zero-order chi connectivity index (χ0) is 13.5. The van der Waals surface area contributed by atoms with E-state index in [2.05, 4.69) is 10.3 Å². The summed E-state index contributed by atoms with van der Waals surface area (Å²) in [5, 5.41) is 3.44. The summed E-state index contributed by atoms with van der Waals surface area (Å²) < 4.78 is 29.3. The van der Waals surface area contributed by atoms with Gasteiger partial charge >= 0.3 is 0 Å². The molecule has 1 fully saturated rings. The maximum Gasteiger partial charge on any atom is 0.272 e. The van der Waals surface area contributed by atoms with E-state index in [1.165, 1.54) is 18.6 Å². The molecule has 1 atom stereocenters. The minimum Gasteiger partial charge on any atom is -0.471 e. The zero-order valence-corrected chi connectivity index (χ0v) is 11.5. The predicted molar refractivity (Wildman–Crippen MR) is 72.9 cm³/mol. The van der Waals surface area contributed by atoms with E-state index in [1.54, 1.807) is 12.3 Å². The predicted octanol–water partition coefficient (Wildman–Crippen LogP) is 2.71. The summed E-state index contributed by atoms with van der Waals surface area (Å²) in [6.07, 6.45) is 1.48. The molecule has 0 bridgehead atoms. The second kappa shape index (κ2) is 7.65. The van der Waals surface area contributed by atoms with Gasteiger partial charge in [-0.1, -0.05) is 6.07 Å². The molecule has 3 nitrogen and oxygen atoms in total. The Hall–Kier alpha value is -0.880. The molecule has 2 rings (SSSR count). The minimum atomic E-state index is -2.47. The molecule has 0 aliphatic carbocycles. The highest BCUT2D eigenvalue weighted by Gasteiger charge is 2.14. The van der Waals surface area contributed by atoms with Gasteiger partial charge in [-0.15, -0.1) is 0 Å². The lowest BCUT2D eigenvalue weighted by Crippen LogP contribution is -2.33. The largest absolute Gasteiger partial charge is 0.471 e. The van der Waals surface area contributed by atoms with E-state index in [0.717, 1.165) is 11.3 Å². The van der Waals surface area contributed by atoms with E-state index in [9.17, 15) is 8.78 Å². The fourth-order valence-electron chi connectivity index (χ4n) is 1.99. The van der Waals surface area contributed by atoms with Gasteiger partial charge in [0.05, 0.1) is 0 Å². The van der Waals surface area contributed by atoms with E-state index in [-0.39, 0.29) is 0 Å². The van der Waals surface area contributed by atoms with E-state index in [0.29, 0.717) is 18.5 Å². The van der Waals surface area contributed by atoms with E-state index in [4.69, 9.17) is 4.74 Å². The number of hydrogen-bond donors (Lipinski definition) is 1. The summed E-state index contributed by atoms with van der Waals surface area (Å²) in [5.74, 6) is 2.64. The maximum absolute atomic E-state index is 12.2. The zero-order valence-electron chi connectivity index (χ0n) is 10.6. The van der Waals surface area contributed by atoms with Crippen molar-refractivity contribution in [1.29, 1.82) is 0 Å². The molecular weight excluding hydrogens is 270 g/mol. The van der Waals surface area contributed by atoms with Gasteiger partial charge in [-0.3, -0.25) is 0 Å². The number of nitrogens with zero attached hydrogens (tertiary/aromatic N) is 1. The normalized spacial score (nSPS) is 19.6. The van der Waals surface area contributed by atoms with Crippen molar-refractivity contribution in [3.05, 3.63) is 23.9 Å². The van der Waals surface area contributed by atoms with Gasteiger partial charge in [-0.25, -0.2) is 13.8 Å². The smallest absolute Gasteiger partial charge is 0.272 e. The van der Waals surface area contributed by atoms with Crippen LogP contribution in [-0.2, 0) is 6.54 Å². The van der Waals surface area contributed by atoms with Crippen LogP contribution < -0.4 is 10.1 Å². The molecular formula is C13H18F2N2OS. The molecule has 106 valence electrons. The topological polar surface area (TPSA) is 34.1 Å². The third-order valence-electron chi connectivity index (χ3n) is 2.94. The second-order valence-corrected chi connectivity index (χ2v) is 5.61. The number of halogens is 2. The molecule has 0 spiro atoms. The van der Waals surface area contributed by atoms with Crippen LogP contribution in [0, 0.1) is 0 Å². The summed E-state index contributed by atoms with van der Waals surface area (Å²) in [5.41, 5.74) is 0.832. The molecule has 0 amide bonds. The fraction of sp³-hybridized carbons (Fsp3) is 0.615. The summed E-state index contributed by atoms with van der Waals surface area (Å²) in [6.45, 7) is 0.000924. The molecule has 0 radical (unpaired) electrons. The second-order valence-electron chi connectivity index (χ2n) is 4.46. The van der Waals surface area contributed by atoms with E-state index in [1.807, 2.05) is 17.8 Å². The van der Waals surface area contributed by atoms with Crippen molar-refractivity contribution in [3.8, 4) is 5.88 Å². The molecule has 2 heterocycles. The van der Waals surface area contributed by atoms with Crippen LogP contribution in [-0.4, -0.2) is 35.6 Å². The Morgan fingerprint density at radius 3 is 3.16 bits per heavy atom. The minimum absolute atomic E-state index is 0.304. The van der Waals surface area contributed by atoms with Crippen LogP contribution in [0.3, 0.4) is 0 Å². The highest BCUT2D eigenvalue weighted by atomic mass is 32.2. The highest BCUT2D eigenvalue weighted by molar-refractivity contribution is 7.99. The summed E-state index contributed by atoms with van der Waals surface area (Å²) in [6, 6.07) is 4.14. The van der Waals surface area contributed by atoms with Crippen LogP contribution in [0.15, 0.2) is 18.3 Å². The van der Waals surface area contributed by atoms with Gasteiger partial charge < -0.3 is 10.1 Å². The van der Waals surface area contributed by atoms with Crippen molar-refractivity contribution in [2.75, 3.05) is 18.1 Å². The molecule has 1 aliphatic heterocycles. The van der Waals surface area contributed by atoms with Crippen molar-refractivity contribution in [3.63, 3.8) is 0 Å². The molecule has 6 heteroatoms. The van der Waals surface area contributed by atoms with Gasteiger partial charge in [0.25, 0.3) is 6.43 Å². The van der Waals surface area contributed by atoms with Crippen molar-refractivity contribution < 1.29 is 13.5 Å². The molecule has 1 N–H and O–H groups in total. The Kier molecular flexibility index (Phi) is 5.85. The summed E-state index contributed by atoms with van der Waals surface area (Å²) in [4.78, 5) is 4.01. The number of nitrogens with one attached hydrogen (secondary N) is 1. The first-order valence-corrected chi connectivity index (χ1v) is 7.57. The third kappa shape index (κ3) is 4.95. The molecule has 1 aromatic rings. The van der Waals surface area contributed by atoms with Gasteiger partial charge in [-0.05, 0) is 24.7 Å². The standard InChI is InChI=1S/C13H18F2N2OS/c14-12(15)8-18-13-10(3-1-5-16-13)7-17-11-4-2-6-19-9-11/h1,3,5,11-12,17H,2,4,6-9H2/t11-/m1/s1. The number of alkyl halides is 2. The van der Waals surface area contributed by atoms with Crippen molar-refractivity contribution in [2.45, 2.75) is 31.9 Å². The Morgan fingerprint density at radius 2 is 2.42 bits per heavy atom. The number of aromatic nitrogens is 1. The first-order chi connectivity index (χ1) is 9.25. The molecule has 1 saturated heterocycles. The van der Waals surface area contributed by atoms with Crippen molar-refractivity contribution in [1.82, 2.24) is 10.3 Å². The van der Waals surface area contributed by atoms with Gasteiger partial charge in [0.15, 0.2) is 6.61 Å². The van der Waals surface area contributed by atoms with Gasteiger partial charge in [-0.2, -0.15) is 11.8 Å². The number of hydrogen-bond acceptors (Lipinski definition) is 4. The molecule has 0 unspecified atom stereocenters. The number of thioether (sulfide) groups is 1.